The summed E-state index contributed by atoms with van der Waals surface area (Å²) in [6.07, 6.45) is 1.48. The van der Waals surface area contributed by atoms with Crippen molar-refractivity contribution in [2.75, 3.05) is 30.8 Å². The standard InChI is InChI=1S/C20H24N2O5S/c1-26-18-9-6-10-19(27-2)17(18)14-21-20(23)15-7-5-8-16(13-15)22-11-3-4-12-28(22,24)25/h5-10,13H,3-4,11-12,14H2,1-2H3,(H,21,23). The lowest BCUT2D eigenvalue weighted by atomic mass is 10.1. The largest absolute Gasteiger partial charge is 0.496 e. The number of methoxy groups -OCH3 is 2. The van der Waals surface area contributed by atoms with Crippen LogP contribution in [0.25, 0.3) is 0 Å². The molecule has 3 rings (SSSR count). The van der Waals surface area contributed by atoms with Crippen molar-refractivity contribution in [3.8, 4) is 11.5 Å². The number of carbonyl (C=O) groups excluding carboxylic acids is 1. The van der Waals surface area contributed by atoms with Gasteiger partial charge in [0.2, 0.25) is 10.0 Å². The lowest BCUT2D eigenvalue weighted by Gasteiger charge is -2.28. The van der Waals surface area contributed by atoms with Crippen molar-refractivity contribution >= 4 is 21.6 Å². The van der Waals surface area contributed by atoms with Crippen LogP contribution in [-0.2, 0) is 16.6 Å². The Morgan fingerprint density at radius 2 is 1.75 bits per heavy atom. The van der Waals surface area contributed by atoms with Crippen LogP contribution in [0.2, 0.25) is 0 Å². The van der Waals surface area contributed by atoms with Crippen LogP contribution < -0.4 is 19.1 Å². The number of hydrogen-bond acceptors (Lipinski definition) is 5. The summed E-state index contributed by atoms with van der Waals surface area (Å²) in [7, 11) is -0.207. The predicted molar refractivity (Wildman–Crippen MR) is 108 cm³/mol. The molecular weight excluding hydrogens is 380 g/mol. The molecule has 0 unspecified atom stereocenters. The monoisotopic (exact) mass is 404 g/mol. The van der Waals surface area contributed by atoms with Crippen LogP contribution in [0.3, 0.4) is 0 Å². The minimum absolute atomic E-state index is 0.136. The van der Waals surface area contributed by atoms with E-state index in [1.54, 1.807) is 50.6 Å². The van der Waals surface area contributed by atoms with Gasteiger partial charge in [-0.3, -0.25) is 9.10 Å². The van der Waals surface area contributed by atoms with Crippen LogP contribution >= 0.6 is 0 Å². The fraction of sp³-hybridized carbons (Fsp3) is 0.350. The Hall–Kier alpha value is -2.74. The summed E-state index contributed by atoms with van der Waals surface area (Å²) in [5.74, 6) is 1.07. The maximum Gasteiger partial charge on any atom is 0.251 e. The summed E-state index contributed by atoms with van der Waals surface area (Å²) in [6.45, 7) is 0.657. The molecule has 0 bridgehead atoms. The molecule has 1 amide bonds. The van der Waals surface area contributed by atoms with Gasteiger partial charge in [0.15, 0.2) is 0 Å². The summed E-state index contributed by atoms with van der Waals surface area (Å²) in [6, 6.07) is 12.1. The highest BCUT2D eigenvalue weighted by Gasteiger charge is 2.26. The normalized spacial score (nSPS) is 15.7. The van der Waals surface area contributed by atoms with Gasteiger partial charge in [-0.25, -0.2) is 8.42 Å². The molecule has 1 aliphatic heterocycles. The van der Waals surface area contributed by atoms with Gasteiger partial charge in [0, 0.05) is 12.1 Å². The number of anilines is 1. The number of rotatable bonds is 6. The minimum Gasteiger partial charge on any atom is -0.496 e. The molecule has 8 heteroatoms. The highest BCUT2D eigenvalue weighted by atomic mass is 32.2. The number of amides is 1. The summed E-state index contributed by atoms with van der Waals surface area (Å²) in [5, 5.41) is 2.85. The van der Waals surface area contributed by atoms with E-state index < -0.39 is 10.0 Å². The number of benzene rings is 2. The molecule has 1 fully saturated rings. The van der Waals surface area contributed by atoms with Gasteiger partial charge in [0.05, 0.1) is 37.8 Å². The minimum atomic E-state index is -3.32. The SMILES string of the molecule is COc1cccc(OC)c1CNC(=O)c1cccc(N2CCCCS2(=O)=O)c1. The van der Waals surface area contributed by atoms with E-state index in [1.807, 2.05) is 6.07 Å². The van der Waals surface area contributed by atoms with Gasteiger partial charge < -0.3 is 14.8 Å². The number of sulfonamides is 1. The van der Waals surface area contributed by atoms with E-state index in [2.05, 4.69) is 5.32 Å². The molecule has 1 aliphatic rings. The maximum atomic E-state index is 12.7. The Bertz CT molecular complexity index is 937. The Morgan fingerprint density at radius 3 is 2.39 bits per heavy atom. The van der Waals surface area contributed by atoms with Crippen molar-refractivity contribution in [1.29, 1.82) is 0 Å². The van der Waals surface area contributed by atoms with E-state index in [0.29, 0.717) is 35.7 Å². The fourth-order valence-electron chi connectivity index (χ4n) is 3.25. The number of hydrogen-bond donors (Lipinski definition) is 1. The molecule has 0 spiro atoms. The van der Waals surface area contributed by atoms with Crippen LogP contribution in [0.15, 0.2) is 42.5 Å². The van der Waals surface area contributed by atoms with Gasteiger partial charge in [0.1, 0.15) is 11.5 Å². The first-order valence-corrected chi connectivity index (χ1v) is 10.7. The van der Waals surface area contributed by atoms with E-state index in [-0.39, 0.29) is 18.2 Å². The zero-order valence-electron chi connectivity index (χ0n) is 16.0. The molecule has 2 aromatic carbocycles. The van der Waals surface area contributed by atoms with Gasteiger partial charge in [-0.05, 0) is 43.2 Å². The first kappa shape index (κ1) is 20.0. The number of nitrogens with zero attached hydrogens (tertiary/aromatic N) is 1. The third-order valence-electron chi connectivity index (χ3n) is 4.70. The van der Waals surface area contributed by atoms with Crippen LogP contribution in [0, 0.1) is 0 Å². The molecule has 0 aromatic heterocycles. The summed E-state index contributed by atoms with van der Waals surface area (Å²) in [5.41, 5.74) is 1.64. The Labute approximate surface area is 165 Å². The van der Waals surface area contributed by atoms with E-state index in [0.717, 1.165) is 12.0 Å². The van der Waals surface area contributed by atoms with Crippen molar-refractivity contribution in [3.63, 3.8) is 0 Å². The van der Waals surface area contributed by atoms with Gasteiger partial charge in [-0.15, -0.1) is 0 Å². The maximum absolute atomic E-state index is 12.7. The second-order valence-electron chi connectivity index (χ2n) is 6.47. The Kier molecular flexibility index (Phi) is 6.08. The van der Waals surface area contributed by atoms with E-state index >= 15 is 0 Å². The third-order valence-corrected chi connectivity index (χ3v) is 6.57. The molecule has 150 valence electrons. The van der Waals surface area contributed by atoms with Crippen molar-refractivity contribution < 1.29 is 22.7 Å². The van der Waals surface area contributed by atoms with Crippen LogP contribution in [-0.4, -0.2) is 40.8 Å². The lowest BCUT2D eigenvalue weighted by molar-refractivity contribution is 0.0950. The smallest absolute Gasteiger partial charge is 0.251 e. The summed E-state index contributed by atoms with van der Waals surface area (Å²) < 4.78 is 36.7. The van der Waals surface area contributed by atoms with E-state index in [4.69, 9.17) is 9.47 Å². The molecule has 0 atom stereocenters. The van der Waals surface area contributed by atoms with Gasteiger partial charge in [-0.1, -0.05) is 12.1 Å². The van der Waals surface area contributed by atoms with Crippen molar-refractivity contribution in [1.82, 2.24) is 5.32 Å². The zero-order valence-corrected chi connectivity index (χ0v) is 16.8. The van der Waals surface area contributed by atoms with Crippen LogP contribution in [0.4, 0.5) is 5.69 Å². The molecule has 0 aliphatic carbocycles. The molecule has 0 radical (unpaired) electrons. The third kappa shape index (κ3) is 4.22. The van der Waals surface area contributed by atoms with Crippen molar-refractivity contribution in [3.05, 3.63) is 53.6 Å². The molecule has 2 aromatic rings. The van der Waals surface area contributed by atoms with Gasteiger partial charge >= 0.3 is 0 Å². The van der Waals surface area contributed by atoms with E-state index in [9.17, 15) is 13.2 Å². The fourth-order valence-corrected chi connectivity index (χ4v) is 4.89. The highest BCUT2D eigenvalue weighted by molar-refractivity contribution is 7.92. The van der Waals surface area contributed by atoms with Crippen molar-refractivity contribution in [2.24, 2.45) is 0 Å². The van der Waals surface area contributed by atoms with E-state index in [1.165, 1.54) is 4.31 Å². The average Bonchev–Trinajstić information content (AvgIpc) is 2.71. The van der Waals surface area contributed by atoms with Crippen LogP contribution in [0.1, 0.15) is 28.8 Å². The van der Waals surface area contributed by atoms with Crippen LogP contribution in [0.5, 0.6) is 11.5 Å². The molecular formula is C20H24N2O5S. The number of carbonyl (C=O) groups is 1. The van der Waals surface area contributed by atoms with Crippen molar-refractivity contribution in [2.45, 2.75) is 19.4 Å². The molecule has 7 nitrogen and oxygen atoms in total. The molecule has 1 N–H and O–H groups in total. The first-order chi connectivity index (χ1) is 13.5. The van der Waals surface area contributed by atoms with Gasteiger partial charge in [0.25, 0.3) is 5.91 Å². The Balaban J connectivity index is 1.78. The summed E-state index contributed by atoms with van der Waals surface area (Å²) >= 11 is 0. The number of ether oxygens (including phenoxy) is 2. The topological polar surface area (TPSA) is 84.9 Å². The average molecular weight is 404 g/mol. The number of nitrogens with one attached hydrogen (secondary N) is 1. The highest BCUT2D eigenvalue weighted by Crippen LogP contribution is 2.28. The quantitative estimate of drug-likeness (QED) is 0.800. The zero-order chi connectivity index (χ0) is 20.1. The summed E-state index contributed by atoms with van der Waals surface area (Å²) in [4.78, 5) is 12.7. The first-order valence-electron chi connectivity index (χ1n) is 9.05. The Morgan fingerprint density at radius 1 is 1.07 bits per heavy atom. The molecule has 28 heavy (non-hydrogen) atoms. The molecule has 1 saturated heterocycles. The lowest BCUT2D eigenvalue weighted by Crippen LogP contribution is -2.38. The molecule has 1 heterocycles. The van der Waals surface area contributed by atoms with Gasteiger partial charge in [-0.2, -0.15) is 0 Å². The predicted octanol–water partition coefficient (Wildman–Crippen LogP) is 2.56. The molecule has 0 saturated carbocycles. The second kappa shape index (κ2) is 8.52. The second-order valence-corrected chi connectivity index (χ2v) is 8.48.